The molecule has 2 atom stereocenters. The normalized spacial score (nSPS) is 13.8. The molecular formula is C36H40N2O5. The molecule has 0 fully saturated rings. The highest BCUT2D eigenvalue weighted by molar-refractivity contribution is 5.89. The number of hydrogen-bond donors (Lipinski definition) is 0. The van der Waals surface area contributed by atoms with Crippen molar-refractivity contribution in [3.63, 3.8) is 0 Å². The van der Waals surface area contributed by atoms with Crippen LogP contribution in [0.1, 0.15) is 50.4 Å². The molecule has 4 aromatic rings. The van der Waals surface area contributed by atoms with Gasteiger partial charge in [-0.2, -0.15) is 0 Å². The van der Waals surface area contributed by atoms with E-state index in [1.807, 2.05) is 81.4 Å². The van der Waals surface area contributed by atoms with Gasteiger partial charge in [-0.3, -0.25) is 9.69 Å². The Hall–Kier alpha value is -4.20. The van der Waals surface area contributed by atoms with Gasteiger partial charge in [0.2, 0.25) is 5.91 Å². The maximum absolute atomic E-state index is 14.7. The molecule has 0 unspecified atom stereocenters. The summed E-state index contributed by atoms with van der Waals surface area (Å²) in [4.78, 5) is 31.7. The predicted molar refractivity (Wildman–Crippen MR) is 168 cm³/mol. The second kappa shape index (κ2) is 13.4. The predicted octanol–water partition coefficient (Wildman–Crippen LogP) is 7.18. The van der Waals surface area contributed by atoms with Gasteiger partial charge < -0.3 is 19.1 Å². The molecule has 2 amide bonds. The summed E-state index contributed by atoms with van der Waals surface area (Å²) in [5, 5.41) is 2.16. The van der Waals surface area contributed by atoms with Crippen LogP contribution >= 0.6 is 0 Å². The highest BCUT2D eigenvalue weighted by Crippen LogP contribution is 2.47. The number of carbonyl (C=O) groups excluding carboxylic acids is 2. The molecule has 224 valence electrons. The van der Waals surface area contributed by atoms with Crippen LogP contribution < -0.4 is 0 Å². The average Bonchev–Trinajstić information content (AvgIpc) is 3.37. The first-order valence-corrected chi connectivity index (χ1v) is 15.0. The lowest BCUT2D eigenvalue weighted by molar-refractivity contribution is -0.180. The van der Waals surface area contributed by atoms with Crippen molar-refractivity contribution in [2.24, 2.45) is 0 Å². The Morgan fingerprint density at radius 1 is 0.767 bits per heavy atom. The molecule has 5 rings (SSSR count). The van der Waals surface area contributed by atoms with E-state index in [1.54, 1.807) is 16.7 Å². The van der Waals surface area contributed by atoms with Gasteiger partial charge in [0, 0.05) is 19.8 Å². The van der Waals surface area contributed by atoms with E-state index in [0.29, 0.717) is 19.8 Å². The topological polar surface area (TPSA) is 68.3 Å². The molecule has 4 aromatic carbocycles. The number of benzene rings is 4. The molecule has 0 saturated heterocycles. The third kappa shape index (κ3) is 5.88. The zero-order chi connectivity index (χ0) is 30.5. The smallest absolute Gasteiger partial charge is 0.410 e. The molecule has 0 radical (unpaired) electrons. The minimum Gasteiger partial charge on any atom is -0.453 e. The first-order valence-electron chi connectivity index (χ1n) is 15.0. The monoisotopic (exact) mass is 580 g/mol. The summed E-state index contributed by atoms with van der Waals surface area (Å²) in [7, 11) is 1.36. The summed E-state index contributed by atoms with van der Waals surface area (Å²) in [6, 6.07) is 28.5. The largest absolute Gasteiger partial charge is 0.453 e. The Kier molecular flexibility index (Phi) is 9.43. The van der Waals surface area contributed by atoms with Gasteiger partial charge >= 0.3 is 6.09 Å². The Balaban J connectivity index is 1.58. The molecule has 0 bridgehead atoms. The van der Waals surface area contributed by atoms with E-state index < -0.39 is 30.5 Å². The Bertz CT molecular complexity index is 1530. The quantitative estimate of drug-likeness (QED) is 0.176. The van der Waals surface area contributed by atoms with Crippen molar-refractivity contribution in [3.8, 4) is 11.1 Å². The Morgan fingerprint density at radius 3 is 1.93 bits per heavy atom. The first-order chi connectivity index (χ1) is 20.9. The number of ether oxygens (including phenoxy) is 3. The second-order valence-electron chi connectivity index (χ2n) is 10.8. The van der Waals surface area contributed by atoms with Crippen LogP contribution in [0.5, 0.6) is 0 Å². The van der Waals surface area contributed by atoms with Crippen molar-refractivity contribution in [2.75, 3.05) is 20.3 Å². The number of methoxy groups -OCH3 is 1. The number of rotatable bonds is 11. The molecule has 0 heterocycles. The molecule has 7 nitrogen and oxygen atoms in total. The van der Waals surface area contributed by atoms with E-state index >= 15 is 0 Å². The zero-order valence-electron chi connectivity index (χ0n) is 25.5. The zero-order valence-corrected chi connectivity index (χ0v) is 25.5. The Labute approximate surface area is 254 Å². The third-order valence-corrected chi connectivity index (χ3v) is 8.29. The van der Waals surface area contributed by atoms with Gasteiger partial charge in [0.25, 0.3) is 0 Å². The second-order valence-corrected chi connectivity index (χ2v) is 10.8. The number of fused-ring (bicyclic) bond motifs is 4. The minimum atomic E-state index is -0.863. The minimum absolute atomic E-state index is 0.225. The molecule has 0 saturated carbocycles. The summed E-state index contributed by atoms with van der Waals surface area (Å²) < 4.78 is 17.3. The van der Waals surface area contributed by atoms with E-state index in [1.165, 1.54) is 7.11 Å². The van der Waals surface area contributed by atoms with Crippen molar-refractivity contribution in [3.05, 3.63) is 108 Å². The molecule has 1 aliphatic rings. The van der Waals surface area contributed by atoms with E-state index in [2.05, 4.69) is 30.3 Å². The fourth-order valence-electron chi connectivity index (χ4n) is 6.22. The van der Waals surface area contributed by atoms with Gasteiger partial charge in [0.15, 0.2) is 6.29 Å². The number of hydrogen-bond acceptors (Lipinski definition) is 5. The number of nitrogens with zero attached hydrogens (tertiary/aromatic N) is 2. The van der Waals surface area contributed by atoms with Gasteiger partial charge in [0.1, 0.15) is 6.04 Å². The highest BCUT2D eigenvalue weighted by Gasteiger charge is 2.43. The van der Waals surface area contributed by atoms with Gasteiger partial charge in [-0.1, -0.05) is 91.0 Å². The molecule has 0 spiro atoms. The summed E-state index contributed by atoms with van der Waals surface area (Å²) in [5.41, 5.74) is 5.02. The lowest BCUT2D eigenvalue weighted by Crippen LogP contribution is -2.55. The van der Waals surface area contributed by atoms with E-state index in [-0.39, 0.29) is 5.91 Å². The Morgan fingerprint density at radius 2 is 1.33 bits per heavy atom. The van der Waals surface area contributed by atoms with Crippen molar-refractivity contribution >= 4 is 22.8 Å². The lowest BCUT2D eigenvalue weighted by atomic mass is 10.0. The maximum Gasteiger partial charge on any atom is 0.410 e. The molecule has 1 aliphatic carbocycles. The molecular weight excluding hydrogens is 540 g/mol. The van der Waals surface area contributed by atoms with Crippen LogP contribution in [0.2, 0.25) is 0 Å². The van der Waals surface area contributed by atoms with Gasteiger partial charge in [-0.25, -0.2) is 4.79 Å². The van der Waals surface area contributed by atoms with Crippen molar-refractivity contribution in [2.45, 2.75) is 58.7 Å². The van der Waals surface area contributed by atoms with Crippen molar-refractivity contribution in [1.29, 1.82) is 0 Å². The lowest BCUT2D eigenvalue weighted by Gasteiger charge is -2.40. The fraction of sp³-hybridized carbons (Fsp3) is 0.333. The van der Waals surface area contributed by atoms with Crippen LogP contribution in [0.15, 0.2) is 91.0 Å². The van der Waals surface area contributed by atoms with Crippen LogP contribution in [0.4, 0.5) is 4.79 Å². The maximum atomic E-state index is 14.7. The highest BCUT2D eigenvalue weighted by atomic mass is 16.7. The molecule has 0 aliphatic heterocycles. The molecule has 43 heavy (non-hydrogen) atoms. The summed E-state index contributed by atoms with van der Waals surface area (Å²) in [6.45, 7) is 8.72. The summed E-state index contributed by atoms with van der Waals surface area (Å²) in [6.07, 6.45) is -1.21. The third-order valence-electron chi connectivity index (χ3n) is 8.29. The first kappa shape index (κ1) is 30.3. The van der Waals surface area contributed by atoms with Gasteiger partial charge in [-0.15, -0.1) is 0 Å². The van der Waals surface area contributed by atoms with Crippen molar-refractivity contribution < 1.29 is 23.8 Å². The summed E-state index contributed by atoms with van der Waals surface area (Å²) >= 11 is 0. The van der Waals surface area contributed by atoms with E-state index in [9.17, 15) is 9.59 Å². The SMILES string of the molecule is CCOC(OCC)[C@H](C)N(Cc1cccc2ccccc12)C(=O)[C@H](C)N(C(=O)OC)C1c2ccccc2-c2ccccc21. The average molecular weight is 581 g/mol. The van der Waals surface area contributed by atoms with Crippen molar-refractivity contribution in [1.82, 2.24) is 9.80 Å². The van der Waals surface area contributed by atoms with Crippen LogP contribution in [-0.4, -0.2) is 60.5 Å². The summed E-state index contributed by atoms with van der Waals surface area (Å²) in [5.74, 6) is -0.225. The van der Waals surface area contributed by atoms with E-state index in [0.717, 1.165) is 38.6 Å². The van der Waals surface area contributed by atoms with Crippen LogP contribution in [0, 0.1) is 0 Å². The number of carbonyl (C=O) groups is 2. The van der Waals surface area contributed by atoms with Gasteiger partial charge in [-0.05, 0) is 66.3 Å². The van der Waals surface area contributed by atoms with Gasteiger partial charge in [0.05, 0.1) is 19.2 Å². The standard InChI is InChI=1S/C36H40N2O5/c1-6-42-35(43-7-2)25(4)37(23-27-17-14-16-26-15-8-9-18-28(26)27)34(39)24(3)38(36(40)41-5)33-31-21-12-10-19-29(31)30-20-11-13-22-32(30)33/h8-22,24-25,33,35H,6-7,23H2,1-5H3/t24-,25-/m0/s1. The fourth-order valence-corrected chi connectivity index (χ4v) is 6.22. The van der Waals surface area contributed by atoms with Crippen LogP contribution in [0.3, 0.4) is 0 Å². The molecule has 0 aromatic heterocycles. The molecule has 7 heteroatoms. The number of amides is 2. The molecule has 0 N–H and O–H groups in total. The van der Waals surface area contributed by atoms with E-state index in [4.69, 9.17) is 14.2 Å². The van der Waals surface area contributed by atoms with Crippen LogP contribution in [-0.2, 0) is 25.5 Å². The van der Waals surface area contributed by atoms with Crippen LogP contribution in [0.25, 0.3) is 21.9 Å².